The van der Waals surface area contributed by atoms with Gasteiger partial charge in [-0.05, 0) is 60.9 Å². The zero-order valence-corrected chi connectivity index (χ0v) is 16.8. The van der Waals surface area contributed by atoms with Crippen LogP contribution in [-0.4, -0.2) is 51.3 Å². The molecule has 3 heterocycles. The fraction of sp³-hybridized carbons (Fsp3) is 0.435. The van der Waals surface area contributed by atoms with Crippen molar-refractivity contribution in [3.63, 3.8) is 0 Å². The maximum Gasteiger partial charge on any atom is 0.257 e. The quantitative estimate of drug-likeness (QED) is 0.869. The summed E-state index contributed by atoms with van der Waals surface area (Å²) in [5.74, 6) is 0.168. The van der Waals surface area contributed by atoms with E-state index in [0.717, 1.165) is 31.4 Å². The molecule has 6 heteroatoms. The third kappa shape index (κ3) is 3.97. The normalized spacial score (nSPS) is 18.9. The molecule has 1 aromatic carbocycles. The van der Waals surface area contributed by atoms with Crippen LogP contribution in [0, 0.1) is 12.3 Å². The van der Waals surface area contributed by atoms with Crippen LogP contribution in [0.15, 0.2) is 42.7 Å². The molecule has 2 aliphatic rings. The van der Waals surface area contributed by atoms with Gasteiger partial charge in [0.2, 0.25) is 5.91 Å². The monoisotopic (exact) mass is 393 g/mol. The first-order valence-electron chi connectivity index (χ1n) is 10.2. The number of aromatic hydroxyl groups is 1. The number of hydrogen-bond acceptors (Lipinski definition) is 4. The van der Waals surface area contributed by atoms with E-state index in [1.807, 2.05) is 21.9 Å². The lowest BCUT2D eigenvalue weighted by atomic mass is 9.72. The fourth-order valence-corrected chi connectivity index (χ4v) is 4.55. The number of piperidine rings is 2. The molecule has 2 saturated heterocycles. The van der Waals surface area contributed by atoms with Crippen LogP contribution in [0.25, 0.3) is 0 Å². The Morgan fingerprint density at radius 1 is 1.14 bits per heavy atom. The van der Waals surface area contributed by atoms with Gasteiger partial charge in [-0.1, -0.05) is 12.1 Å². The molecule has 1 spiro atoms. The van der Waals surface area contributed by atoms with Crippen LogP contribution in [0.1, 0.15) is 47.2 Å². The van der Waals surface area contributed by atoms with E-state index >= 15 is 0 Å². The lowest BCUT2D eigenvalue weighted by Gasteiger charge is -2.47. The number of carbonyl (C=O) groups excluding carboxylic acids is 2. The maximum absolute atomic E-state index is 12.9. The summed E-state index contributed by atoms with van der Waals surface area (Å²) in [5, 5.41) is 10.2. The Labute approximate surface area is 171 Å². The number of likely N-dealkylation sites (tertiary alicyclic amines) is 2. The Kier molecular flexibility index (Phi) is 5.26. The van der Waals surface area contributed by atoms with Crippen LogP contribution in [0.2, 0.25) is 0 Å². The fourth-order valence-electron chi connectivity index (χ4n) is 4.55. The molecule has 1 aromatic heterocycles. The number of aryl methyl sites for hydroxylation is 1. The molecule has 2 aliphatic heterocycles. The smallest absolute Gasteiger partial charge is 0.257 e. The highest BCUT2D eigenvalue weighted by molar-refractivity contribution is 5.97. The van der Waals surface area contributed by atoms with Gasteiger partial charge in [-0.2, -0.15) is 0 Å². The molecule has 1 N–H and O–H groups in total. The number of benzene rings is 1. The van der Waals surface area contributed by atoms with Crippen molar-refractivity contribution in [3.8, 4) is 5.75 Å². The predicted molar refractivity (Wildman–Crippen MR) is 109 cm³/mol. The first-order chi connectivity index (χ1) is 14.0. The summed E-state index contributed by atoms with van der Waals surface area (Å²) < 4.78 is 0. The third-order valence-corrected chi connectivity index (χ3v) is 6.45. The van der Waals surface area contributed by atoms with E-state index in [2.05, 4.69) is 4.98 Å². The van der Waals surface area contributed by atoms with Gasteiger partial charge in [0.1, 0.15) is 5.75 Å². The summed E-state index contributed by atoms with van der Waals surface area (Å²) in [6.45, 7) is 4.47. The van der Waals surface area contributed by atoms with Gasteiger partial charge in [0.25, 0.3) is 5.91 Å². The van der Waals surface area contributed by atoms with Crippen LogP contribution < -0.4 is 0 Å². The molecule has 0 saturated carbocycles. The lowest BCUT2D eigenvalue weighted by Crippen LogP contribution is -2.52. The highest BCUT2D eigenvalue weighted by atomic mass is 16.3. The highest BCUT2D eigenvalue weighted by Crippen LogP contribution is 2.41. The van der Waals surface area contributed by atoms with Crippen molar-refractivity contribution in [2.75, 3.05) is 19.6 Å². The largest absolute Gasteiger partial charge is 0.507 e. The molecule has 2 amide bonds. The standard InChI is InChI=1S/C23H27N3O3/c1-17-3-2-4-19(21(17)28)22(29)25-13-9-23(10-14-25)8-5-20(27)26(16-23)15-18-6-11-24-12-7-18/h2-4,6-7,11-12,28H,5,8-10,13-16H2,1H3. The van der Waals surface area contributed by atoms with E-state index < -0.39 is 0 Å². The highest BCUT2D eigenvalue weighted by Gasteiger charge is 2.42. The van der Waals surface area contributed by atoms with Gasteiger partial charge >= 0.3 is 0 Å². The molecule has 0 atom stereocenters. The van der Waals surface area contributed by atoms with Crippen molar-refractivity contribution in [1.82, 2.24) is 14.8 Å². The van der Waals surface area contributed by atoms with Crippen molar-refractivity contribution < 1.29 is 14.7 Å². The number of carbonyl (C=O) groups is 2. The van der Waals surface area contributed by atoms with Crippen molar-refractivity contribution in [2.45, 2.75) is 39.2 Å². The van der Waals surface area contributed by atoms with Crippen LogP contribution in [0.5, 0.6) is 5.75 Å². The number of hydrogen-bond donors (Lipinski definition) is 1. The molecule has 2 aromatic rings. The predicted octanol–water partition coefficient (Wildman–Crippen LogP) is 3.14. The second kappa shape index (κ2) is 7.85. The summed E-state index contributed by atoms with van der Waals surface area (Å²) in [6.07, 6.45) is 6.72. The number of amides is 2. The van der Waals surface area contributed by atoms with Gasteiger partial charge in [0, 0.05) is 45.0 Å². The maximum atomic E-state index is 12.9. The van der Waals surface area contributed by atoms with Crippen molar-refractivity contribution in [2.24, 2.45) is 5.41 Å². The number of phenols is 1. The topological polar surface area (TPSA) is 73.7 Å². The number of pyridine rings is 1. The zero-order chi connectivity index (χ0) is 20.4. The van der Waals surface area contributed by atoms with Crippen molar-refractivity contribution >= 4 is 11.8 Å². The molecular weight excluding hydrogens is 366 g/mol. The second-order valence-corrected chi connectivity index (χ2v) is 8.37. The first-order valence-corrected chi connectivity index (χ1v) is 10.2. The number of aromatic nitrogens is 1. The minimum atomic E-state index is -0.110. The van der Waals surface area contributed by atoms with Crippen LogP contribution >= 0.6 is 0 Å². The Hall–Kier alpha value is -2.89. The molecule has 0 bridgehead atoms. The molecule has 2 fully saturated rings. The summed E-state index contributed by atoms with van der Waals surface area (Å²) in [4.78, 5) is 33.2. The summed E-state index contributed by atoms with van der Waals surface area (Å²) >= 11 is 0. The molecule has 6 nitrogen and oxygen atoms in total. The number of phenolic OH excluding ortho intramolecular Hbond substituents is 1. The molecule has 152 valence electrons. The van der Waals surface area contributed by atoms with Crippen molar-refractivity contribution in [3.05, 3.63) is 59.4 Å². The van der Waals surface area contributed by atoms with Crippen LogP contribution in [-0.2, 0) is 11.3 Å². The Bertz CT molecular complexity index is 905. The molecular formula is C23H27N3O3. The lowest BCUT2D eigenvalue weighted by molar-refractivity contribution is -0.139. The third-order valence-electron chi connectivity index (χ3n) is 6.45. The first kappa shape index (κ1) is 19.4. The van der Waals surface area contributed by atoms with E-state index in [-0.39, 0.29) is 23.0 Å². The number of nitrogens with zero attached hydrogens (tertiary/aromatic N) is 3. The van der Waals surface area contributed by atoms with E-state index in [1.54, 1.807) is 37.5 Å². The summed E-state index contributed by atoms with van der Waals surface area (Å²) in [7, 11) is 0. The number of para-hydroxylation sites is 1. The van der Waals surface area contributed by atoms with Crippen molar-refractivity contribution in [1.29, 1.82) is 0 Å². The van der Waals surface area contributed by atoms with E-state index in [4.69, 9.17) is 0 Å². The molecule has 0 unspecified atom stereocenters. The van der Waals surface area contributed by atoms with Gasteiger partial charge < -0.3 is 14.9 Å². The van der Waals surface area contributed by atoms with Crippen LogP contribution in [0.3, 0.4) is 0 Å². The van der Waals surface area contributed by atoms with Crippen LogP contribution in [0.4, 0.5) is 0 Å². The summed E-state index contributed by atoms with van der Waals surface area (Å²) in [5.41, 5.74) is 2.25. The molecule has 29 heavy (non-hydrogen) atoms. The van der Waals surface area contributed by atoms with Gasteiger partial charge in [0.15, 0.2) is 0 Å². The average Bonchev–Trinajstić information content (AvgIpc) is 2.74. The van der Waals surface area contributed by atoms with Gasteiger partial charge in [-0.15, -0.1) is 0 Å². The molecule has 0 aliphatic carbocycles. The average molecular weight is 393 g/mol. The van der Waals surface area contributed by atoms with Gasteiger partial charge in [-0.25, -0.2) is 0 Å². The zero-order valence-electron chi connectivity index (χ0n) is 16.8. The van der Waals surface area contributed by atoms with Gasteiger partial charge in [0.05, 0.1) is 5.56 Å². The molecule has 4 rings (SSSR count). The van der Waals surface area contributed by atoms with E-state index in [1.165, 1.54) is 0 Å². The SMILES string of the molecule is Cc1cccc(C(=O)N2CCC3(CCC(=O)N(Cc4ccncc4)C3)CC2)c1O. The number of rotatable bonds is 3. The minimum absolute atomic E-state index is 0.0737. The van der Waals surface area contributed by atoms with E-state index in [9.17, 15) is 14.7 Å². The second-order valence-electron chi connectivity index (χ2n) is 8.37. The molecule has 0 radical (unpaired) electrons. The van der Waals surface area contributed by atoms with Gasteiger partial charge in [-0.3, -0.25) is 14.6 Å². The minimum Gasteiger partial charge on any atom is -0.507 e. The van der Waals surface area contributed by atoms with E-state index in [0.29, 0.717) is 37.2 Å². The summed E-state index contributed by atoms with van der Waals surface area (Å²) in [6, 6.07) is 9.18. The Balaban J connectivity index is 1.42. The Morgan fingerprint density at radius 3 is 2.59 bits per heavy atom. The Morgan fingerprint density at radius 2 is 1.86 bits per heavy atom.